The molecular formula is C33H44N8O4. The van der Waals surface area contributed by atoms with Crippen molar-refractivity contribution >= 4 is 35.1 Å². The zero-order valence-corrected chi connectivity index (χ0v) is 27.4. The smallest absolute Gasteiger partial charge is 0.271 e. The third-order valence-corrected chi connectivity index (χ3v) is 8.88. The molecule has 0 radical (unpaired) electrons. The van der Waals surface area contributed by atoms with Gasteiger partial charge < -0.3 is 25.8 Å². The SMILES string of the molecule is COCCN1C(=O)C(C)(C)Oc2cc(Nc3ncc(-c4cccc(C(N)=O)c4)c(NC4CC(C)(C)N(C)C(C)(C)C4)n3)cnc21. The summed E-state index contributed by atoms with van der Waals surface area (Å²) in [6, 6.07) is 9.07. The van der Waals surface area contributed by atoms with E-state index in [1.165, 1.54) is 0 Å². The number of hydrogen-bond acceptors (Lipinski definition) is 10. The van der Waals surface area contributed by atoms with E-state index in [0.29, 0.717) is 47.7 Å². The summed E-state index contributed by atoms with van der Waals surface area (Å²) >= 11 is 0. The molecule has 12 nitrogen and oxygen atoms in total. The molecule has 3 aromatic rings. The Morgan fingerprint density at radius 1 is 1.09 bits per heavy atom. The van der Waals surface area contributed by atoms with Crippen LogP contribution in [0.1, 0.15) is 64.7 Å². The normalized spacial score (nSPS) is 19.0. The van der Waals surface area contributed by atoms with Gasteiger partial charge in [0.15, 0.2) is 17.2 Å². The average molecular weight is 617 g/mol. The van der Waals surface area contributed by atoms with Gasteiger partial charge in [-0.2, -0.15) is 4.98 Å². The van der Waals surface area contributed by atoms with Gasteiger partial charge in [-0.05, 0) is 79.1 Å². The third-order valence-electron chi connectivity index (χ3n) is 8.88. The summed E-state index contributed by atoms with van der Waals surface area (Å²) in [4.78, 5) is 43.1. The first-order valence-corrected chi connectivity index (χ1v) is 15.2. The van der Waals surface area contributed by atoms with Crippen LogP contribution in [0.4, 0.5) is 23.3 Å². The molecule has 240 valence electrons. The van der Waals surface area contributed by atoms with Crippen molar-refractivity contribution < 1.29 is 19.1 Å². The Kier molecular flexibility index (Phi) is 8.49. The highest BCUT2D eigenvalue weighted by Gasteiger charge is 2.44. The topological polar surface area (TPSA) is 148 Å². The maximum atomic E-state index is 13.0. The number of nitrogens with two attached hydrogens (primary N) is 1. The molecule has 12 heteroatoms. The molecule has 2 amide bonds. The Bertz CT molecular complexity index is 1590. The number of nitrogens with one attached hydrogen (secondary N) is 2. The van der Waals surface area contributed by atoms with Crippen LogP contribution in [-0.2, 0) is 9.53 Å². The maximum Gasteiger partial charge on any atom is 0.271 e. The number of amides is 2. The molecule has 2 aliphatic rings. The van der Waals surface area contributed by atoms with Gasteiger partial charge in [0.1, 0.15) is 5.82 Å². The van der Waals surface area contributed by atoms with Gasteiger partial charge in [-0.3, -0.25) is 19.4 Å². The molecule has 0 bridgehead atoms. The summed E-state index contributed by atoms with van der Waals surface area (Å²) in [5, 5.41) is 6.98. The Hall–Kier alpha value is -4.29. The lowest BCUT2D eigenvalue weighted by Crippen LogP contribution is -2.61. The molecule has 2 aliphatic heterocycles. The molecule has 0 spiro atoms. The number of primary amides is 1. The number of hydrogen-bond donors (Lipinski definition) is 3. The number of nitrogens with zero attached hydrogens (tertiary/aromatic N) is 5. The summed E-state index contributed by atoms with van der Waals surface area (Å²) in [6.45, 7) is 13.2. The number of rotatable bonds is 9. The van der Waals surface area contributed by atoms with E-state index < -0.39 is 11.5 Å². The van der Waals surface area contributed by atoms with Crippen molar-refractivity contribution in [3.8, 4) is 16.9 Å². The predicted octanol–water partition coefficient (Wildman–Crippen LogP) is 4.59. The van der Waals surface area contributed by atoms with Crippen LogP contribution in [0.15, 0.2) is 42.7 Å². The first kappa shape index (κ1) is 32.1. The Labute approximate surface area is 264 Å². The largest absolute Gasteiger partial charge is 0.474 e. The quantitative estimate of drug-likeness (QED) is 0.312. The van der Waals surface area contributed by atoms with Crippen LogP contribution in [0.5, 0.6) is 5.75 Å². The predicted molar refractivity (Wildman–Crippen MR) is 175 cm³/mol. The summed E-state index contributed by atoms with van der Waals surface area (Å²) in [7, 11) is 3.77. The van der Waals surface area contributed by atoms with Crippen LogP contribution in [0, 0.1) is 0 Å². The van der Waals surface area contributed by atoms with E-state index in [4.69, 9.17) is 20.2 Å². The first-order chi connectivity index (χ1) is 21.1. The number of ether oxygens (including phenoxy) is 2. The molecule has 1 fully saturated rings. The fourth-order valence-corrected chi connectivity index (χ4v) is 6.31. The molecule has 1 saturated heterocycles. The van der Waals surface area contributed by atoms with E-state index in [1.54, 1.807) is 62.5 Å². The van der Waals surface area contributed by atoms with Crippen molar-refractivity contribution in [1.82, 2.24) is 19.9 Å². The molecule has 4 heterocycles. The second-order valence-corrected chi connectivity index (χ2v) is 13.6. The number of likely N-dealkylation sites (tertiary alicyclic amines) is 1. The van der Waals surface area contributed by atoms with Crippen LogP contribution in [0.2, 0.25) is 0 Å². The fourth-order valence-electron chi connectivity index (χ4n) is 6.31. The van der Waals surface area contributed by atoms with Gasteiger partial charge in [0.2, 0.25) is 11.9 Å². The number of carbonyl (C=O) groups excluding carboxylic acids is 2. The summed E-state index contributed by atoms with van der Waals surface area (Å²) in [5.74, 6) is 1.20. The van der Waals surface area contributed by atoms with E-state index in [9.17, 15) is 9.59 Å². The van der Waals surface area contributed by atoms with Crippen molar-refractivity contribution in [3.05, 3.63) is 48.3 Å². The van der Waals surface area contributed by atoms with Gasteiger partial charge in [-0.25, -0.2) is 9.97 Å². The number of aromatic nitrogens is 3. The second kappa shape index (κ2) is 11.9. The molecule has 1 aromatic carbocycles. The Morgan fingerprint density at radius 3 is 2.47 bits per heavy atom. The number of anilines is 4. The summed E-state index contributed by atoms with van der Waals surface area (Å²) in [6.07, 6.45) is 5.16. The molecule has 0 atom stereocenters. The third kappa shape index (κ3) is 6.57. The number of piperidine rings is 1. The lowest BCUT2D eigenvalue weighted by atomic mass is 9.77. The Balaban J connectivity index is 1.50. The molecule has 0 aliphatic carbocycles. The van der Waals surface area contributed by atoms with E-state index in [0.717, 1.165) is 24.0 Å². The molecular weight excluding hydrogens is 572 g/mol. The maximum absolute atomic E-state index is 13.0. The first-order valence-electron chi connectivity index (χ1n) is 15.2. The molecule has 0 saturated carbocycles. The number of methoxy groups -OCH3 is 1. The molecule has 5 rings (SSSR count). The van der Waals surface area contributed by atoms with Gasteiger partial charge in [-0.1, -0.05) is 12.1 Å². The van der Waals surface area contributed by atoms with Gasteiger partial charge in [0.05, 0.1) is 25.0 Å². The highest BCUT2D eigenvalue weighted by Crippen LogP contribution is 2.40. The van der Waals surface area contributed by atoms with Gasteiger partial charge in [0, 0.05) is 47.6 Å². The molecule has 4 N–H and O–H groups in total. The monoisotopic (exact) mass is 616 g/mol. The van der Waals surface area contributed by atoms with E-state index in [-0.39, 0.29) is 23.0 Å². The van der Waals surface area contributed by atoms with Gasteiger partial charge in [0.25, 0.3) is 5.91 Å². The van der Waals surface area contributed by atoms with Crippen LogP contribution in [-0.4, -0.2) is 81.7 Å². The van der Waals surface area contributed by atoms with Gasteiger partial charge >= 0.3 is 0 Å². The number of pyridine rings is 1. The summed E-state index contributed by atoms with van der Waals surface area (Å²) < 4.78 is 11.3. The van der Waals surface area contributed by atoms with E-state index >= 15 is 0 Å². The number of carbonyl (C=O) groups is 2. The minimum atomic E-state index is -1.06. The number of benzene rings is 1. The Morgan fingerprint density at radius 2 is 1.80 bits per heavy atom. The van der Waals surface area contributed by atoms with Crippen LogP contribution < -0.4 is 26.0 Å². The van der Waals surface area contributed by atoms with Crippen LogP contribution >= 0.6 is 0 Å². The minimum absolute atomic E-state index is 0.0410. The van der Waals surface area contributed by atoms with Crippen LogP contribution in [0.25, 0.3) is 11.1 Å². The summed E-state index contributed by atoms with van der Waals surface area (Å²) in [5.41, 5.74) is 6.98. The highest BCUT2D eigenvalue weighted by molar-refractivity contribution is 6.01. The molecule has 0 unspecified atom stereocenters. The van der Waals surface area contributed by atoms with Crippen molar-refractivity contribution in [2.24, 2.45) is 5.73 Å². The average Bonchev–Trinajstić information content (AvgIpc) is 2.96. The molecule has 45 heavy (non-hydrogen) atoms. The number of fused-ring (bicyclic) bond motifs is 1. The van der Waals surface area contributed by atoms with E-state index in [1.807, 2.05) is 6.07 Å². The zero-order valence-electron chi connectivity index (χ0n) is 27.4. The second-order valence-electron chi connectivity index (χ2n) is 13.6. The zero-order chi connectivity index (χ0) is 32.7. The van der Waals surface area contributed by atoms with E-state index in [2.05, 4.69) is 60.2 Å². The van der Waals surface area contributed by atoms with Crippen molar-refractivity contribution in [2.75, 3.05) is 42.8 Å². The standard InChI is InChI=1S/C33H44N8O4/c1-31(2)16-23(17-32(3,4)40(31)7)37-27-24(20-10-9-11-21(14-20)26(34)42)19-36-30(39-27)38-22-15-25-28(35-18-22)41(12-13-44-8)29(43)33(5,6)45-25/h9-11,14-15,18-19,23H,12-13,16-17H2,1-8H3,(H2,34,42)(H2,36,37,38,39). The lowest BCUT2D eigenvalue weighted by molar-refractivity contribution is -0.132. The highest BCUT2D eigenvalue weighted by atomic mass is 16.5. The van der Waals surface area contributed by atoms with Crippen molar-refractivity contribution in [2.45, 2.75) is 77.1 Å². The van der Waals surface area contributed by atoms with Crippen LogP contribution in [0.3, 0.4) is 0 Å². The lowest BCUT2D eigenvalue weighted by Gasteiger charge is -2.53. The minimum Gasteiger partial charge on any atom is -0.474 e. The van der Waals surface area contributed by atoms with Gasteiger partial charge in [-0.15, -0.1) is 0 Å². The fraction of sp³-hybridized carbons (Fsp3) is 0.485. The van der Waals surface area contributed by atoms with Crippen molar-refractivity contribution in [1.29, 1.82) is 0 Å². The van der Waals surface area contributed by atoms with Crippen molar-refractivity contribution in [3.63, 3.8) is 0 Å². The molecule has 2 aromatic heterocycles.